The number of aromatic amines is 1. The average molecular weight is 442 g/mol. The van der Waals surface area contributed by atoms with Gasteiger partial charge in [0, 0.05) is 25.7 Å². The zero-order valence-electron chi connectivity index (χ0n) is 17.3. The Morgan fingerprint density at radius 3 is 2.72 bits per heavy atom. The molecule has 6 nitrogen and oxygen atoms in total. The van der Waals surface area contributed by atoms with E-state index < -0.39 is 17.6 Å². The van der Waals surface area contributed by atoms with Crippen molar-refractivity contribution in [3.05, 3.63) is 77.4 Å². The van der Waals surface area contributed by atoms with E-state index >= 15 is 0 Å². The maximum absolute atomic E-state index is 13.0. The first kappa shape index (κ1) is 21.6. The Morgan fingerprint density at radius 1 is 1.28 bits per heavy atom. The van der Waals surface area contributed by atoms with E-state index in [4.69, 9.17) is 0 Å². The number of halogens is 3. The molecule has 1 saturated heterocycles. The zero-order chi connectivity index (χ0) is 23.0. The second kappa shape index (κ2) is 8.14. The fourth-order valence-corrected chi connectivity index (χ4v) is 3.93. The molecule has 2 amide bonds. The Balaban J connectivity index is 1.77. The number of likely N-dealkylation sites (tertiary alicyclic amines) is 1. The number of likely N-dealkylation sites (N-methyl/N-ethyl adjacent to an activating group) is 1. The molecule has 2 aromatic carbocycles. The minimum Gasteiger partial charge on any atom is -0.345 e. The number of alkyl halides is 3. The van der Waals surface area contributed by atoms with Crippen molar-refractivity contribution < 1.29 is 22.8 Å². The summed E-state index contributed by atoms with van der Waals surface area (Å²) in [7, 11) is 1.77. The van der Waals surface area contributed by atoms with Gasteiger partial charge in [-0.25, -0.2) is 0 Å². The number of hydrogen-bond acceptors (Lipinski definition) is 2. The van der Waals surface area contributed by atoms with Gasteiger partial charge >= 0.3 is 6.18 Å². The average Bonchev–Trinajstić information content (AvgIpc) is 3.27. The van der Waals surface area contributed by atoms with Crippen LogP contribution < -0.4 is 5.62 Å². The third kappa shape index (κ3) is 3.98. The summed E-state index contributed by atoms with van der Waals surface area (Å²) in [4.78, 5) is 33.8. The van der Waals surface area contributed by atoms with Crippen molar-refractivity contribution in [1.29, 1.82) is 0 Å². The van der Waals surface area contributed by atoms with Gasteiger partial charge in [-0.3, -0.25) is 9.59 Å². The number of carbonyl (C=O) groups is 2. The van der Waals surface area contributed by atoms with Crippen LogP contribution in [-0.2, 0) is 17.5 Å². The lowest BCUT2D eigenvalue weighted by atomic mass is 9.97. The Hall–Kier alpha value is -3.62. The van der Waals surface area contributed by atoms with Crippen LogP contribution in [0.15, 0.2) is 60.1 Å². The van der Waals surface area contributed by atoms with Crippen LogP contribution in [-0.4, -0.2) is 39.9 Å². The van der Waals surface area contributed by atoms with E-state index in [1.54, 1.807) is 22.6 Å². The Morgan fingerprint density at radius 2 is 2.06 bits per heavy atom. The SMILES string of the molecule is C=CCn1/c(=N/C(=O)c2cccc(C(F)(F)F)c2)[nH]c2cc([C@@H]3CCN(C)C3=O)ccc21. The highest BCUT2D eigenvalue weighted by atomic mass is 19.4. The lowest BCUT2D eigenvalue weighted by molar-refractivity contribution is -0.137. The van der Waals surface area contributed by atoms with Gasteiger partial charge in [-0.05, 0) is 42.3 Å². The summed E-state index contributed by atoms with van der Waals surface area (Å²) in [6.45, 7) is 4.74. The third-order valence-corrected chi connectivity index (χ3v) is 5.60. The van der Waals surface area contributed by atoms with Crippen LogP contribution in [0.5, 0.6) is 0 Å². The summed E-state index contributed by atoms with van der Waals surface area (Å²) in [5.41, 5.74) is 1.38. The number of imidazole rings is 1. The summed E-state index contributed by atoms with van der Waals surface area (Å²) in [5, 5.41) is 0. The highest BCUT2D eigenvalue weighted by molar-refractivity contribution is 5.95. The minimum absolute atomic E-state index is 0.0551. The van der Waals surface area contributed by atoms with Gasteiger partial charge in [-0.1, -0.05) is 18.2 Å². The van der Waals surface area contributed by atoms with Crippen molar-refractivity contribution in [2.45, 2.75) is 25.1 Å². The molecule has 32 heavy (non-hydrogen) atoms. The first-order valence-electron chi connectivity index (χ1n) is 10.0. The molecule has 4 rings (SSSR count). The number of allylic oxidation sites excluding steroid dienone is 1. The molecule has 0 aliphatic carbocycles. The Bertz CT molecular complexity index is 1290. The normalized spacial score (nSPS) is 17.4. The zero-order valence-corrected chi connectivity index (χ0v) is 17.3. The van der Waals surface area contributed by atoms with E-state index in [0.717, 1.165) is 29.6 Å². The van der Waals surface area contributed by atoms with Crippen molar-refractivity contribution in [2.24, 2.45) is 4.99 Å². The van der Waals surface area contributed by atoms with Gasteiger partial charge in [-0.15, -0.1) is 6.58 Å². The molecule has 2 heterocycles. The van der Waals surface area contributed by atoms with Gasteiger partial charge in [0.05, 0.1) is 22.5 Å². The molecule has 1 aliphatic heterocycles. The second-order valence-electron chi connectivity index (χ2n) is 7.72. The van der Waals surface area contributed by atoms with E-state index in [0.29, 0.717) is 18.6 Å². The lowest BCUT2D eigenvalue weighted by Crippen LogP contribution is -2.21. The van der Waals surface area contributed by atoms with Gasteiger partial charge in [-0.2, -0.15) is 18.2 Å². The molecule has 1 fully saturated rings. The predicted octanol–water partition coefficient (Wildman–Crippen LogP) is 3.86. The largest absolute Gasteiger partial charge is 0.416 e. The third-order valence-electron chi connectivity index (χ3n) is 5.60. The molecule has 0 radical (unpaired) electrons. The van der Waals surface area contributed by atoms with Crippen LogP contribution in [0.2, 0.25) is 0 Å². The number of carbonyl (C=O) groups excluding carboxylic acids is 2. The van der Waals surface area contributed by atoms with Crippen LogP contribution >= 0.6 is 0 Å². The van der Waals surface area contributed by atoms with Crippen molar-refractivity contribution in [3.63, 3.8) is 0 Å². The van der Waals surface area contributed by atoms with Crippen LogP contribution in [0.1, 0.15) is 33.8 Å². The number of benzene rings is 2. The quantitative estimate of drug-likeness (QED) is 0.624. The van der Waals surface area contributed by atoms with E-state index in [9.17, 15) is 22.8 Å². The molecule has 1 atom stereocenters. The van der Waals surface area contributed by atoms with Gasteiger partial charge in [0.2, 0.25) is 11.5 Å². The summed E-state index contributed by atoms with van der Waals surface area (Å²) < 4.78 is 40.7. The fourth-order valence-electron chi connectivity index (χ4n) is 3.93. The highest BCUT2D eigenvalue weighted by Crippen LogP contribution is 2.30. The predicted molar refractivity (Wildman–Crippen MR) is 113 cm³/mol. The first-order valence-corrected chi connectivity index (χ1v) is 10.0. The molecule has 0 spiro atoms. The molecule has 9 heteroatoms. The molecule has 166 valence electrons. The van der Waals surface area contributed by atoms with Crippen LogP contribution in [0.3, 0.4) is 0 Å². The lowest BCUT2D eigenvalue weighted by Gasteiger charge is -2.10. The number of amides is 2. The van der Waals surface area contributed by atoms with Gasteiger partial charge in [0.15, 0.2) is 0 Å². The summed E-state index contributed by atoms with van der Waals surface area (Å²) in [6.07, 6.45) is -2.20. The summed E-state index contributed by atoms with van der Waals surface area (Å²) >= 11 is 0. The van der Waals surface area contributed by atoms with Gasteiger partial charge in [0.1, 0.15) is 0 Å². The van der Waals surface area contributed by atoms with Crippen molar-refractivity contribution in [2.75, 3.05) is 13.6 Å². The molecular weight excluding hydrogens is 421 g/mol. The van der Waals surface area contributed by atoms with Crippen LogP contribution in [0.4, 0.5) is 13.2 Å². The molecule has 0 unspecified atom stereocenters. The number of rotatable bonds is 4. The van der Waals surface area contributed by atoms with Crippen molar-refractivity contribution in [1.82, 2.24) is 14.5 Å². The monoisotopic (exact) mass is 442 g/mol. The maximum Gasteiger partial charge on any atom is 0.416 e. The van der Waals surface area contributed by atoms with E-state index in [1.807, 2.05) is 18.2 Å². The minimum atomic E-state index is -4.55. The molecule has 1 aliphatic rings. The molecule has 0 saturated carbocycles. The van der Waals surface area contributed by atoms with Gasteiger partial charge < -0.3 is 14.5 Å². The standard InChI is InChI=1S/C23H21F3N4O2/c1-3-10-30-19-8-7-14(17-9-11-29(2)21(17)32)13-18(19)27-22(30)28-20(31)15-5-4-6-16(12-15)23(24,25)26/h3-8,12-13,17H,1,9-11H2,2H3,(H,27,28,31)/t17-/m0/s1. The van der Waals surface area contributed by atoms with E-state index in [2.05, 4.69) is 16.6 Å². The summed E-state index contributed by atoms with van der Waals surface area (Å²) in [6, 6.07) is 9.72. The molecular formula is C23H21F3N4O2. The molecule has 3 aromatic rings. The highest BCUT2D eigenvalue weighted by Gasteiger charge is 2.31. The Kier molecular flexibility index (Phi) is 5.50. The van der Waals surface area contributed by atoms with E-state index in [1.165, 1.54) is 12.1 Å². The summed E-state index contributed by atoms with van der Waals surface area (Å²) in [5.74, 6) is -0.972. The molecule has 1 N–H and O–H groups in total. The topological polar surface area (TPSA) is 70.5 Å². The number of hydrogen-bond donors (Lipinski definition) is 1. The number of aromatic nitrogens is 2. The maximum atomic E-state index is 13.0. The first-order chi connectivity index (χ1) is 15.2. The van der Waals surface area contributed by atoms with Crippen molar-refractivity contribution in [3.8, 4) is 0 Å². The molecule has 0 bridgehead atoms. The number of nitrogens with zero attached hydrogens (tertiary/aromatic N) is 3. The van der Waals surface area contributed by atoms with Crippen LogP contribution in [0, 0.1) is 0 Å². The van der Waals surface area contributed by atoms with Crippen molar-refractivity contribution >= 4 is 22.8 Å². The molecule has 1 aromatic heterocycles. The number of fused-ring (bicyclic) bond motifs is 1. The van der Waals surface area contributed by atoms with Gasteiger partial charge in [0.25, 0.3) is 5.91 Å². The second-order valence-corrected chi connectivity index (χ2v) is 7.72. The fraction of sp³-hybridized carbons (Fsp3) is 0.261. The smallest absolute Gasteiger partial charge is 0.345 e. The Labute approximate surface area is 181 Å². The number of H-pyrrole nitrogens is 1. The van der Waals surface area contributed by atoms with Crippen LogP contribution in [0.25, 0.3) is 11.0 Å². The number of nitrogens with one attached hydrogen (secondary N) is 1. The van der Waals surface area contributed by atoms with E-state index in [-0.39, 0.29) is 23.0 Å².